The Kier molecular flexibility index (Phi) is 5.11. The van der Waals surface area contributed by atoms with Crippen LogP contribution in [0.25, 0.3) is 0 Å². The van der Waals surface area contributed by atoms with Gasteiger partial charge in [0.05, 0.1) is 5.69 Å². The predicted molar refractivity (Wildman–Crippen MR) is 78.6 cm³/mol. The van der Waals surface area contributed by atoms with E-state index in [0.29, 0.717) is 13.2 Å². The summed E-state index contributed by atoms with van der Waals surface area (Å²) in [6, 6.07) is 9.46. The van der Waals surface area contributed by atoms with E-state index in [0.717, 1.165) is 22.6 Å². The van der Waals surface area contributed by atoms with E-state index in [1.54, 1.807) is 0 Å². The molecule has 0 aliphatic rings. The number of benzene rings is 1. The molecule has 1 amide bonds. The Labute approximate surface area is 124 Å². The fraction of sp³-hybridized carbons (Fsp3) is 0.375. The number of aromatic nitrogens is 1. The first-order valence-electron chi connectivity index (χ1n) is 6.99. The van der Waals surface area contributed by atoms with E-state index in [2.05, 4.69) is 10.5 Å². The SMILES string of the molecule is CCO[C@H](C(=O)NCc1c(C)noc1C)c1ccccc1. The monoisotopic (exact) mass is 288 g/mol. The maximum atomic E-state index is 12.4. The van der Waals surface area contributed by atoms with Crippen molar-refractivity contribution >= 4 is 5.91 Å². The Morgan fingerprint density at radius 1 is 1.33 bits per heavy atom. The molecule has 1 aromatic carbocycles. The molecule has 1 N–H and O–H groups in total. The zero-order chi connectivity index (χ0) is 15.2. The minimum atomic E-state index is -0.600. The average molecular weight is 288 g/mol. The smallest absolute Gasteiger partial charge is 0.254 e. The van der Waals surface area contributed by atoms with Crippen LogP contribution in [0.1, 0.15) is 35.6 Å². The van der Waals surface area contributed by atoms with Gasteiger partial charge in [0, 0.05) is 18.7 Å². The fourth-order valence-electron chi connectivity index (χ4n) is 2.14. The number of hydrogen-bond donors (Lipinski definition) is 1. The molecule has 2 rings (SSSR count). The molecule has 1 heterocycles. The Hall–Kier alpha value is -2.14. The van der Waals surface area contributed by atoms with Crippen LogP contribution in [0.3, 0.4) is 0 Å². The molecule has 0 unspecified atom stereocenters. The van der Waals surface area contributed by atoms with Crippen LogP contribution >= 0.6 is 0 Å². The van der Waals surface area contributed by atoms with E-state index >= 15 is 0 Å². The Morgan fingerprint density at radius 2 is 2.05 bits per heavy atom. The number of carbonyl (C=O) groups excluding carboxylic acids is 1. The molecule has 0 saturated carbocycles. The standard InChI is InChI=1S/C16H20N2O3/c1-4-20-15(13-8-6-5-7-9-13)16(19)17-10-14-11(2)18-21-12(14)3/h5-9,15H,4,10H2,1-3H3,(H,17,19)/t15-/m0/s1. The molecule has 2 aromatic rings. The number of hydrogen-bond acceptors (Lipinski definition) is 4. The van der Waals surface area contributed by atoms with Gasteiger partial charge in [-0.15, -0.1) is 0 Å². The summed E-state index contributed by atoms with van der Waals surface area (Å²) in [7, 11) is 0. The highest BCUT2D eigenvalue weighted by atomic mass is 16.5. The van der Waals surface area contributed by atoms with Crippen LogP contribution in [-0.2, 0) is 16.1 Å². The molecule has 5 nitrogen and oxygen atoms in total. The molecule has 0 fully saturated rings. The lowest BCUT2D eigenvalue weighted by molar-refractivity contribution is -0.133. The van der Waals surface area contributed by atoms with E-state index in [1.807, 2.05) is 51.1 Å². The largest absolute Gasteiger partial charge is 0.364 e. The van der Waals surface area contributed by atoms with Gasteiger partial charge in [-0.1, -0.05) is 35.5 Å². The van der Waals surface area contributed by atoms with Crippen LogP contribution in [0.4, 0.5) is 0 Å². The topological polar surface area (TPSA) is 64.4 Å². The zero-order valence-corrected chi connectivity index (χ0v) is 12.6. The summed E-state index contributed by atoms with van der Waals surface area (Å²) >= 11 is 0. The van der Waals surface area contributed by atoms with Crippen LogP contribution in [0.2, 0.25) is 0 Å². The summed E-state index contributed by atoms with van der Waals surface area (Å²) in [6.45, 7) is 6.42. The molecule has 0 aliphatic heterocycles. The van der Waals surface area contributed by atoms with Crippen molar-refractivity contribution in [1.82, 2.24) is 10.5 Å². The van der Waals surface area contributed by atoms with Gasteiger partial charge in [-0.2, -0.15) is 0 Å². The molecule has 0 aliphatic carbocycles. The number of ether oxygens (including phenoxy) is 1. The Balaban J connectivity index is 2.06. The minimum Gasteiger partial charge on any atom is -0.364 e. The first-order valence-corrected chi connectivity index (χ1v) is 6.99. The number of nitrogens with one attached hydrogen (secondary N) is 1. The fourth-order valence-corrected chi connectivity index (χ4v) is 2.14. The van der Waals surface area contributed by atoms with Gasteiger partial charge in [0.1, 0.15) is 5.76 Å². The molecule has 0 bridgehead atoms. The van der Waals surface area contributed by atoms with Gasteiger partial charge in [0.2, 0.25) is 0 Å². The van der Waals surface area contributed by atoms with E-state index in [-0.39, 0.29) is 5.91 Å². The van der Waals surface area contributed by atoms with Crippen LogP contribution in [0, 0.1) is 13.8 Å². The van der Waals surface area contributed by atoms with Gasteiger partial charge in [-0.3, -0.25) is 4.79 Å². The molecular formula is C16H20N2O3. The third kappa shape index (κ3) is 3.70. The maximum absolute atomic E-state index is 12.4. The predicted octanol–water partition coefficient (Wildman–Crippen LogP) is 2.69. The summed E-state index contributed by atoms with van der Waals surface area (Å²) in [5.41, 5.74) is 2.54. The molecule has 21 heavy (non-hydrogen) atoms. The lowest BCUT2D eigenvalue weighted by atomic mass is 10.1. The molecular weight excluding hydrogens is 268 g/mol. The van der Waals surface area contributed by atoms with E-state index in [1.165, 1.54) is 0 Å². The van der Waals surface area contributed by atoms with E-state index in [9.17, 15) is 4.79 Å². The Bertz CT molecular complexity index is 573. The molecule has 0 spiro atoms. The number of rotatable bonds is 6. The maximum Gasteiger partial charge on any atom is 0.254 e. The first-order chi connectivity index (χ1) is 10.1. The van der Waals surface area contributed by atoms with E-state index in [4.69, 9.17) is 9.26 Å². The second-order valence-corrected chi connectivity index (χ2v) is 4.77. The van der Waals surface area contributed by atoms with Gasteiger partial charge >= 0.3 is 0 Å². The zero-order valence-electron chi connectivity index (χ0n) is 12.6. The van der Waals surface area contributed by atoms with Gasteiger partial charge in [0.15, 0.2) is 6.10 Å². The summed E-state index contributed by atoms with van der Waals surface area (Å²) in [5, 5.41) is 6.76. The number of aryl methyl sites for hydroxylation is 2. The van der Waals surface area contributed by atoms with Crippen molar-refractivity contribution in [2.45, 2.75) is 33.4 Å². The third-order valence-corrected chi connectivity index (χ3v) is 3.29. The van der Waals surface area contributed by atoms with Crippen LogP contribution in [0.15, 0.2) is 34.9 Å². The molecule has 5 heteroatoms. The summed E-state index contributed by atoms with van der Waals surface area (Å²) in [5.74, 6) is 0.559. The number of amides is 1. The summed E-state index contributed by atoms with van der Waals surface area (Å²) < 4.78 is 10.7. The van der Waals surface area contributed by atoms with Crippen molar-refractivity contribution in [2.24, 2.45) is 0 Å². The van der Waals surface area contributed by atoms with Gasteiger partial charge in [-0.05, 0) is 26.3 Å². The van der Waals surface area contributed by atoms with Crippen molar-refractivity contribution < 1.29 is 14.1 Å². The summed E-state index contributed by atoms with van der Waals surface area (Å²) in [4.78, 5) is 12.4. The lowest BCUT2D eigenvalue weighted by Gasteiger charge is -2.17. The van der Waals surface area contributed by atoms with Crippen LogP contribution in [-0.4, -0.2) is 17.7 Å². The Morgan fingerprint density at radius 3 is 2.62 bits per heavy atom. The molecule has 1 atom stereocenters. The first kappa shape index (κ1) is 15.3. The normalized spacial score (nSPS) is 12.1. The quantitative estimate of drug-likeness (QED) is 0.887. The number of carbonyl (C=O) groups is 1. The van der Waals surface area contributed by atoms with Crippen LogP contribution < -0.4 is 5.32 Å². The van der Waals surface area contributed by atoms with Gasteiger partial charge in [0.25, 0.3) is 5.91 Å². The molecule has 112 valence electrons. The highest BCUT2D eigenvalue weighted by Crippen LogP contribution is 2.18. The van der Waals surface area contributed by atoms with Crippen molar-refractivity contribution in [1.29, 1.82) is 0 Å². The van der Waals surface area contributed by atoms with Crippen LogP contribution in [0.5, 0.6) is 0 Å². The highest BCUT2D eigenvalue weighted by molar-refractivity contribution is 5.82. The van der Waals surface area contributed by atoms with Gasteiger partial charge < -0.3 is 14.6 Å². The lowest BCUT2D eigenvalue weighted by Crippen LogP contribution is -2.30. The van der Waals surface area contributed by atoms with Crippen molar-refractivity contribution in [3.05, 3.63) is 52.9 Å². The number of nitrogens with zero attached hydrogens (tertiary/aromatic N) is 1. The molecule has 0 saturated heterocycles. The average Bonchev–Trinajstić information content (AvgIpc) is 2.82. The molecule has 1 aromatic heterocycles. The second-order valence-electron chi connectivity index (χ2n) is 4.77. The molecule has 0 radical (unpaired) electrons. The highest BCUT2D eigenvalue weighted by Gasteiger charge is 2.21. The van der Waals surface area contributed by atoms with Crippen molar-refractivity contribution in [3.8, 4) is 0 Å². The second kappa shape index (κ2) is 7.04. The summed E-state index contributed by atoms with van der Waals surface area (Å²) in [6.07, 6.45) is -0.600. The minimum absolute atomic E-state index is 0.164. The van der Waals surface area contributed by atoms with Gasteiger partial charge in [-0.25, -0.2) is 0 Å². The van der Waals surface area contributed by atoms with E-state index < -0.39 is 6.10 Å². The van der Waals surface area contributed by atoms with Crippen molar-refractivity contribution in [2.75, 3.05) is 6.61 Å². The third-order valence-electron chi connectivity index (χ3n) is 3.29. The van der Waals surface area contributed by atoms with Crippen molar-refractivity contribution in [3.63, 3.8) is 0 Å².